The van der Waals surface area contributed by atoms with Gasteiger partial charge in [0.2, 0.25) is 0 Å². The number of hydrogen-bond donors (Lipinski definition) is 1. The zero-order valence-electron chi connectivity index (χ0n) is 11.2. The van der Waals surface area contributed by atoms with Gasteiger partial charge in [0.15, 0.2) is 5.96 Å². The lowest BCUT2D eigenvalue weighted by atomic mass is 10.1. The standard InChI is InChI=1S/C15H21N3.HI/c16-15(18-12-5-2-6-13-18)17-11-7-10-14-8-3-1-4-9-14;/h1,3-4,7-10H,2,5-6,11-13H2,(H2,16,17);1H. The summed E-state index contributed by atoms with van der Waals surface area (Å²) in [4.78, 5) is 6.58. The lowest BCUT2D eigenvalue weighted by Gasteiger charge is -2.27. The fourth-order valence-corrected chi connectivity index (χ4v) is 2.12. The first-order valence-corrected chi connectivity index (χ1v) is 6.63. The minimum Gasteiger partial charge on any atom is -0.370 e. The second-order valence-corrected chi connectivity index (χ2v) is 4.56. The zero-order valence-corrected chi connectivity index (χ0v) is 13.5. The molecule has 0 spiro atoms. The topological polar surface area (TPSA) is 41.6 Å². The molecule has 0 aliphatic carbocycles. The van der Waals surface area contributed by atoms with Crippen LogP contribution >= 0.6 is 24.0 Å². The van der Waals surface area contributed by atoms with Crippen LogP contribution in [-0.2, 0) is 0 Å². The minimum atomic E-state index is 0. The van der Waals surface area contributed by atoms with E-state index in [0.29, 0.717) is 12.5 Å². The maximum absolute atomic E-state index is 5.97. The lowest BCUT2D eigenvalue weighted by Crippen LogP contribution is -2.40. The first-order chi connectivity index (χ1) is 8.86. The number of rotatable bonds is 3. The Balaban J connectivity index is 0.00000180. The van der Waals surface area contributed by atoms with E-state index >= 15 is 0 Å². The van der Waals surface area contributed by atoms with E-state index in [2.05, 4.69) is 28.1 Å². The van der Waals surface area contributed by atoms with Crippen LogP contribution in [0.5, 0.6) is 0 Å². The molecule has 1 heterocycles. The van der Waals surface area contributed by atoms with Gasteiger partial charge in [0, 0.05) is 13.1 Å². The molecule has 0 unspecified atom stereocenters. The summed E-state index contributed by atoms with van der Waals surface area (Å²) in [5.41, 5.74) is 7.17. The van der Waals surface area contributed by atoms with Crippen LogP contribution in [0.1, 0.15) is 24.8 Å². The van der Waals surface area contributed by atoms with Gasteiger partial charge in [-0.1, -0.05) is 42.5 Å². The van der Waals surface area contributed by atoms with Crippen molar-refractivity contribution in [2.75, 3.05) is 19.6 Å². The van der Waals surface area contributed by atoms with Gasteiger partial charge in [-0.15, -0.1) is 24.0 Å². The van der Waals surface area contributed by atoms with Gasteiger partial charge in [0.25, 0.3) is 0 Å². The number of benzene rings is 1. The number of hydrogen-bond acceptors (Lipinski definition) is 1. The van der Waals surface area contributed by atoms with Crippen LogP contribution in [0.4, 0.5) is 0 Å². The summed E-state index contributed by atoms with van der Waals surface area (Å²) in [7, 11) is 0. The molecule has 0 saturated carbocycles. The molecule has 3 nitrogen and oxygen atoms in total. The van der Waals surface area contributed by atoms with E-state index < -0.39 is 0 Å². The van der Waals surface area contributed by atoms with Gasteiger partial charge in [-0.2, -0.15) is 0 Å². The first kappa shape index (κ1) is 16.0. The molecule has 0 amide bonds. The van der Waals surface area contributed by atoms with Gasteiger partial charge in [0.1, 0.15) is 0 Å². The second-order valence-electron chi connectivity index (χ2n) is 4.56. The summed E-state index contributed by atoms with van der Waals surface area (Å²) in [6.07, 6.45) is 7.91. The molecule has 0 radical (unpaired) electrons. The fraction of sp³-hybridized carbons (Fsp3) is 0.400. The number of nitrogens with zero attached hydrogens (tertiary/aromatic N) is 2. The molecule has 0 atom stereocenters. The van der Waals surface area contributed by atoms with Crippen molar-refractivity contribution in [1.29, 1.82) is 0 Å². The predicted molar refractivity (Wildman–Crippen MR) is 92.8 cm³/mol. The average Bonchev–Trinajstić information content (AvgIpc) is 2.45. The maximum Gasteiger partial charge on any atom is 0.191 e. The fourth-order valence-electron chi connectivity index (χ4n) is 2.12. The molecule has 2 rings (SSSR count). The van der Waals surface area contributed by atoms with E-state index in [1.54, 1.807) is 0 Å². The largest absolute Gasteiger partial charge is 0.370 e. The van der Waals surface area contributed by atoms with Crippen LogP contribution in [0, 0.1) is 0 Å². The molecular weight excluding hydrogens is 349 g/mol. The van der Waals surface area contributed by atoms with Crippen molar-refractivity contribution in [2.45, 2.75) is 19.3 Å². The molecular formula is C15H22IN3. The van der Waals surface area contributed by atoms with Crippen molar-refractivity contribution in [3.63, 3.8) is 0 Å². The average molecular weight is 371 g/mol. The summed E-state index contributed by atoms with van der Waals surface area (Å²) < 4.78 is 0. The highest BCUT2D eigenvalue weighted by atomic mass is 127. The van der Waals surface area contributed by atoms with Crippen molar-refractivity contribution >= 4 is 36.0 Å². The quantitative estimate of drug-likeness (QED) is 0.504. The Morgan fingerprint density at radius 1 is 1.16 bits per heavy atom. The molecule has 0 bridgehead atoms. The Kier molecular flexibility index (Phi) is 7.55. The summed E-state index contributed by atoms with van der Waals surface area (Å²) in [5.74, 6) is 0.687. The van der Waals surface area contributed by atoms with Crippen molar-refractivity contribution in [1.82, 2.24) is 4.90 Å². The molecule has 19 heavy (non-hydrogen) atoms. The van der Waals surface area contributed by atoms with Crippen LogP contribution in [0.3, 0.4) is 0 Å². The van der Waals surface area contributed by atoms with Crippen molar-refractivity contribution in [3.05, 3.63) is 42.0 Å². The molecule has 104 valence electrons. The maximum atomic E-state index is 5.97. The van der Waals surface area contributed by atoms with Gasteiger partial charge in [0.05, 0.1) is 6.54 Å². The Labute approximate surface area is 132 Å². The Morgan fingerprint density at radius 2 is 1.84 bits per heavy atom. The third kappa shape index (κ3) is 5.63. The van der Waals surface area contributed by atoms with Crippen LogP contribution in [0.2, 0.25) is 0 Å². The minimum absolute atomic E-state index is 0. The predicted octanol–water partition coefficient (Wildman–Crippen LogP) is 3.12. The van der Waals surface area contributed by atoms with E-state index in [9.17, 15) is 0 Å². The molecule has 1 aromatic carbocycles. The van der Waals surface area contributed by atoms with Crippen LogP contribution in [0.15, 0.2) is 41.4 Å². The van der Waals surface area contributed by atoms with E-state index in [4.69, 9.17) is 5.73 Å². The van der Waals surface area contributed by atoms with Gasteiger partial charge in [-0.05, 0) is 24.8 Å². The van der Waals surface area contributed by atoms with Crippen LogP contribution < -0.4 is 5.73 Å². The third-order valence-corrected chi connectivity index (χ3v) is 3.15. The van der Waals surface area contributed by atoms with Gasteiger partial charge >= 0.3 is 0 Å². The lowest BCUT2D eigenvalue weighted by molar-refractivity contribution is 0.338. The number of guanidine groups is 1. The normalized spacial score (nSPS) is 16.4. The molecule has 0 aromatic heterocycles. The number of piperidine rings is 1. The summed E-state index contributed by atoms with van der Waals surface area (Å²) in [6.45, 7) is 2.76. The van der Waals surface area contributed by atoms with Crippen LogP contribution in [0.25, 0.3) is 6.08 Å². The van der Waals surface area contributed by atoms with E-state index in [1.807, 2.05) is 24.3 Å². The van der Waals surface area contributed by atoms with E-state index in [1.165, 1.54) is 24.8 Å². The summed E-state index contributed by atoms with van der Waals surface area (Å²) >= 11 is 0. The number of nitrogens with two attached hydrogens (primary N) is 1. The molecule has 1 aromatic rings. The summed E-state index contributed by atoms with van der Waals surface area (Å²) in [6, 6.07) is 10.2. The van der Waals surface area contributed by atoms with Crippen molar-refractivity contribution < 1.29 is 0 Å². The molecule has 1 fully saturated rings. The molecule has 4 heteroatoms. The SMILES string of the molecule is I.NC(=NCC=Cc1ccccc1)N1CCCCC1. The highest BCUT2D eigenvalue weighted by molar-refractivity contribution is 14.0. The van der Waals surface area contributed by atoms with Crippen molar-refractivity contribution in [2.24, 2.45) is 10.7 Å². The second kappa shape index (κ2) is 8.96. The number of likely N-dealkylation sites (tertiary alicyclic amines) is 1. The van der Waals surface area contributed by atoms with E-state index in [0.717, 1.165) is 13.1 Å². The van der Waals surface area contributed by atoms with E-state index in [-0.39, 0.29) is 24.0 Å². The van der Waals surface area contributed by atoms with Gasteiger partial charge < -0.3 is 10.6 Å². The molecule has 2 N–H and O–H groups in total. The molecule has 1 aliphatic rings. The highest BCUT2D eigenvalue weighted by Gasteiger charge is 2.10. The Hall–Kier alpha value is -1.04. The molecule has 1 aliphatic heterocycles. The third-order valence-electron chi connectivity index (χ3n) is 3.15. The molecule has 1 saturated heterocycles. The van der Waals surface area contributed by atoms with Crippen LogP contribution in [-0.4, -0.2) is 30.5 Å². The van der Waals surface area contributed by atoms with Crippen molar-refractivity contribution in [3.8, 4) is 0 Å². The van der Waals surface area contributed by atoms with Gasteiger partial charge in [-0.3, -0.25) is 0 Å². The Morgan fingerprint density at radius 3 is 2.53 bits per heavy atom. The highest BCUT2D eigenvalue weighted by Crippen LogP contribution is 2.07. The monoisotopic (exact) mass is 371 g/mol. The first-order valence-electron chi connectivity index (χ1n) is 6.63. The Bertz CT molecular complexity index is 409. The zero-order chi connectivity index (χ0) is 12.6. The summed E-state index contributed by atoms with van der Waals surface area (Å²) in [5, 5.41) is 0. The van der Waals surface area contributed by atoms with Gasteiger partial charge in [-0.25, -0.2) is 4.99 Å². The number of aliphatic imine (C=N–C) groups is 1. The smallest absolute Gasteiger partial charge is 0.191 e. The number of halogens is 1.